The van der Waals surface area contributed by atoms with Crippen LogP contribution in [0.25, 0.3) is 0 Å². The summed E-state index contributed by atoms with van der Waals surface area (Å²) in [5, 5.41) is 0. The lowest BCUT2D eigenvalue weighted by Gasteiger charge is -2.17. The van der Waals surface area contributed by atoms with Crippen LogP contribution in [0.5, 0.6) is 0 Å². The van der Waals surface area contributed by atoms with Crippen LogP contribution in [0.4, 0.5) is 23.2 Å². The van der Waals surface area contributed by atoms with Gasteiger partial charge >= 0.3 is 6.18 Å². The van der Waals surface area contributed by atoms with Crippen molar-refractivity contribution in [1.29, 1.82) is 0 Å². The summed E-state index contributed by atoms with van der Waals surface area (Å²) >= 11 is 0. The van der Waals surface area contributed by atoms with Crippen LogP contribution < -0.4 is 4.90 Å². The van der Waals surface area contributed by atoms with Crippen LogP contribution >= 0.6 is 0 Å². The maximum atomic E-state index is 13.5. The SMILES string of the molecule is CC1=CC(=O)N(c2cc(C(F)(F)F)ccc2F)C1=O. The number of carbonyl (C=O) groups is 2. The average Bonchev–Trinajstić information content (AvgIpc) is 2.53. The number of benzene rings is 1. The third-order valence-electron chi connectivity index (χ3n) is 2.62. The number of hydrogen-bond donors (Lipinski definition) is 0. The number of anilines is 1. The summed E-state index contributed by atoms with van der Waals surface area (Å²) in [4.78, 5) is 23.5. The van der Waals surface area contributed by atoms with Gasteiger partial charge in [0.05, 0.1) is 11.3 Å². The fourth-order valence-electron chi connectivity index (χ4n) is 1.68. The molecule has 19 heavy (non-hydrogen) atoms. The largest absolute Gasteiger partial charge is 0.416 e. The van der Waals surface area contributed by atoms with Crippen LogP contribution in [0.3, 0.4) is 0 Å². The molecule has 0 aliphatic carbocycles. The number of alkyl halides is 3. The van der Waals surface area contributed by atoms with E-state index in [9.17, 15) is 27.2 Å². The molecule has 0 radical (unpaired) electrons. The fourth-order valence-corrected chi connectivity index (χ4v) is 1.68. The second-order valence-electron chi connectivity index (χ2n) is 3.97. The zero-order valence-corrected chi connectivity index (χ0v) is 9.58. The van der Waals surface area contributed by atoms with Gasteiger partial charge in [-0.3, -0.25) is 9.59 Å². The van der Waals surface area contributed by atoms with Gasteiger partial charge in [-0.05, 0) is 25.1 Å². The first kappa shape index (κ1) is 13.3. The van der Waals surface area contributed by atoms with E-state index in [0.717, 1.165) is 6.08 Å². The van der Waals surface area contributed by atoms with Crippen LogP contribution in [0.15, 0.2) is 29.8 Å². The van der Waals surface area contributed by atoms with Crippen molar-refractivity contribution in [1.82, 2.24) is 0 Å². The monoisotopic (exact) mass is 273 g/mol. The maximum Gasteiger partial charge on any atom is 0.416 e. The van der Waals surface area contributed by atoms with E-state index in [2.05, 4.69) is 0 Å². The molecule has 1 aliphatic rings. The van der Waals surface area contributed by atoms with Crippen LogP contribution in [-0.2, 0) is 15.8 Å². The van der Waals surface area contributed by atoms with Gasteiger partial charge in [0.25, 0.3) is 11.8 Å². The second-order valence-corrected chi connectivity index (χ2v) is 3.97. The number of nitrogens with zero attached hydrogens (tertiary/aromatic N) is 1. The molecule has 2 rings (SSSR count). The Morgan fingerprint density at radius 3 is 2.26 bits per heavy atom. The molecule has 0 spiro atoms. The lowest BCUT2D eigenvalue weighted by molar-refractivity contribution is -0.137. The van der Waals surface area contributed by atoms with Crippen LogP contribution in [0, 0.1) is 5.82 Å². The number of imide groups is 1. The molecular weight excluding hydrogens is 266 g/mol. The van der Waals surface area contributed by atoms with E-state index >= 15 is 0 Å². The Labute approximate surface area is 105 Å². The van der Waals surface area contributed by atoms with Crippen molar-refractivity contribution >= 4 is 17.5 Å². The highest BCUT2D eigenvalue weighted by Crippen LogP contribution is 2.34. The van der Waals surface area contributed by atoms with Crippen molar-refractivity contribution < 1.29 is 27.2 Å². The Bertz CT molecular complexity index is 604. The highest BCUT2D eigenvalue weighted by molar-refractivity contribution is 6.30. The topological polar surface area (TPSA) is 37.4 Å². The highest BCUT2D eigenvalue weighted by Gasteiger charge is 2.35. The van der Waals surface area contributed by atoms with Crippen molar-refractivity contribution in [3.8, 4) is 0 Å². The molecule has 7 heteroatoms. The number of rotatable bonds is 1. The Morgan fingerprint density at radius 2 is 1.79 bits per heavy atom. The fraction of sp³-hybridized carbons (Fsp3) is 0.167. The molecule has 0 unspecified atom stereocenters. The van der Waals surface area contributed by atoms with Gasteiger partial charge in [0.2, 0.25) is 0 Å². The molecule has 0 bridgehead atoms. The Balaban J connectivity index is 2.52. The van der Waals surface area contributed by atoms with Crippen LogP contribution in [0.2, 0.25) is 0 Å². The van der Waals surface area contributed by atoms with E-state index in [1.807, 2.05) is 0 Å². The Morgan fingerprint density at radius 1 is 1.16 bits per heavy atom. The van der Waals surface area contributed by atoms with Gasteiger partial charge in [-0.1, -0.05) is 0 Å². The molecule has 0 aromatic heterocycles. The van der Waals surface area contributed by atoms with Crippen molar-refractivity contribution in [2.24, 2.45) is 0 Å². The number of amides is 2. The van der Waals surface area contributed by atoms with Gasteiger partial charge in [-0.25, -0.2) is 9.29 Å². The van der Waals surface area contributed by atoms with Gasteiger partial charge < -0.3 is 0 Å². The molecule has 0 N–H and O–H groups in total. The molecule has 0 saturated carbocycles. The van der Waals surface area contributed by atoms with E-state index in [1.54, 1.807) is 0 Å². The maximum absolute atomic E-state index is 13.5. The number of hydrogen-bond acceptors (Lipinski definition) is 2. The van der Waals surface area contributed by atoms with Gasteiger partial charge in [-0.2, -0.15) is 13.2 Å². The molecule has 100 valence electrons. The summed E-state index contributed by atoms with van der Waals surface area (Å²) in [6.07, 6.45) is -3.74. The summed E-state index contributed by atoms with van der Waals surface area (Å²) in [6, 6.07) is 1.56. The molecule has 0 saturated heterocycles. The summed E-state index contributed by atoms with van der Waals surface area (Å²) in [6.45, 7) is 1.33. The van der Waals surface area contributed by atoms with E-state index in [0.29, 0.717) is 23.1 Å². The smallest absolute Gasteiger partial charge is 0.269 e. The first-order chi connectivity index (χ1) is 8.71. The Hall–Kier alpha value is -2.18. The first-order valence-corrected chi connectivity index (χ1v) is 5.15. The molecule has 0 fully saturated rings. The van der Waals surface area contributed by atoms with Crippen LogP contribution in [-0.4, -0.2) is 11.8 Å². The minimum atomic E-state index is -4.68. The lowest BCUT2D eigenvalue weighted by atomic mass is 10.1. The van der Waals surface area contributed by atoms with Crippen molar-refractivity contribution in [2.45, 2.75) is 13.1 Å². The van der Waals surface area contributed by atoms with E-state index in [4.69, 9.17) is 0 Å². The minimum absolute atomic E-state index is 0.0433. The van der Waals surface area contributed by atoms with E-state index in [-0.39, 0.29) is 5.57 Å². The van der Waals surface area contributed by atoms with E-state index < -0.39 is 35.1 Å². The second kappa shape index (κ2) is 4.18. The van der Waals surface area contributed by atoms with Crippen LogP contribution in [0.1, 0.15) is 12.5 Å². The first-order valence-electron chi connectivity index (χ1n) is 5.15. The highest BCUT2D eigenvalue weighted by atomic mass is 19.4. The molecule has 1 aromatic rings. The average molecular weight is 273 g/mol. The summed E-state index contributed by atoms with van der Waals surface area (Å²) in [7, 11) is 0. The molecule has 1 aromatic carbocycles. The zero-order valence-electron chi connectivity index (χ0n) is 9.58. The van der Waals surface area contributed by atoms with Gasteiger partial charge in [-0.15, -0.1) is 0 Å². The normalized spacial score (nSPS) is 16.1. The third kappa shape index (κ3) is 2.23. The van der Waals surface area contributed by atoms with Gasteiger partial charge in [0.1, 0.15) is 5.82 Å². The van der Waals surface area contributed by atoms with E-state index in [1.165, 1.54) is 6.92 Å². The van der Waals surface area contributed by atoms with Gasteiger partial charge in [0, 0.05) is 11.6 Å². The van der Waals surface area contributed by atoms with Gasteiger partial charge in [0.15, 0.2) is 0 Å². The summed E-state index contributed by atoms with van der Waals surface area (Å²) < 4.78 is 51.1. The third-order valence-corrected chi connectivity index (χ3v) is 2.62. The van der Waals surface area contributed by atoms with Crippen molar-refractivity contribution in [3.05, 3.63) is 41.2 Å². The summed E-state index contributed by atoms with van der Waals surface area (Å²) in [5.74, 6) is -2.76. The molecule has 2 amide bonds. The Kier molecular flexibility index (Phi) is 2.92. The minimum Gasteiger partial charge on any atom is -0.269 e. The molecule has 1 aliphatic heterocycles. The lowest BCUT2D eigenvalue weighted by Crippen LogP contribution is -2.31. The zero-order chi connectivity index (χ0) is 14.4. The number of carbonyl (C=O) groups excluding carboxylic acids is 2. The molecule has 1 heterocycles. The summed E-state index contributed by atoms with van der Waals surface area (Å²) in [5.41, 5.74) is -1.78. The quantitative estimate of drug-likeness (QED) is 0.582. The molecule has 0 atom stereocenters. The predicted molar refractivity (Wildman–Crippen MR) is 57.7 cm³/mol. The predicted octanol–water partition coefficient (Wildman–Crippen LogP) is 2.66. The number of halogens is 4. The molecule has 3 nitrogen and oxygen atoms in total. The van der Waals surface area contributed by atoms with Crippen molar-refractivity contribution in [2.75, 3.05) is 4.90 Å². The standard InChI is InChI=1S/C12H7F4NO2/c1-6-4-10(18)17(11(6)19)9-5-7(12(14,15)16)2-3-8(9)13/h2-5H,1H3. The molecular formula is C12H7F4NO2. The van der Waals surface area contributed by atoms with Crippen molar-refractivity contribution in [3.63, 3.8) is 0 Å².